The van der Waals surface area contributed by atoms with Crippen molar-refractivity contribution in [2.45, 2.75) is 32.4 Å². The Balaban J connectivity index is 1.78. The van der Waals surface area contributed by atoms with Gasteiger partial charge < -0.3 is 0 Å². The second-order valence-electron chi connectivity index (χ2n) is 6.29. The number of hydrogen-bond donors (Lipinski definition) is 0. The highest BCUT2D eigenvalue weighted by molar-refractivity contribution is 5.85. The van der Waals surface area contributed by atoms with Gasteiger partial charge in [-0.1, -0.05) is 37.3 Å². The van der Waals surface area contributed by atoms with Crippen molar-refractivity contribution in [3.05, 3.63) is 71.3 Å². The number of rotatable bonds is 3. The van der Waals surface area contributed by atoms with Crippen LogP contribution in [0.4, 0.5) is 13.2 Å². The molecule has 0 aliphatic heterocycles. The summed E-state index contributed by atoms with van der Waals surface area (Å²) in [4.78, 5) is 8.54. The highest BCUT2D eigenvalue weighted by Gasteiger charge is 2.22. The highest BCUT2D eigenvalue weighted by atomic mass is 19.4. The Morgan fingerprint density at radius 3 is 2.04 bits per heavy atom. The van der Waals surface area contributed by atoms with Gasteiger partial charge in [0.25, 0.3) is 0 Å². The number of alkyl halides is 3. The van der Waals surface area contributed by atoms with Gasteiger partial charge in [-0.15, -0.1) is 0 Å². The Hall–Kier alpha value is -3.31. The smallest absolute Gasteiger partial charge is 0.229 e. The SMILES string of the molecule is CCCCc1cnc(C#Cc2ccc3cc(C#CC(F)(F)F)ccc3c2)nc1. The van der Waals surface area contributed by atoms with Crippen LogP contribution in [0.2, 0.25) is 0 Å². The van der Waals surface area contributed by atoms with Gasteiger partial charge in [-0.3, -0.25) is 0 Å². The molecule has 0 spiro atoms. The third-order valence-corrected chi connectivity index (χ3v) is 4.03. The van der Waals surface area contributed by atoms with Crippen LogP contribution >= 0.6 is 0 Å². The zero-order chi connectivity index (χ0) is 20.0. The fraction of sp³-hybridized carbons (Fsp3) is 0.217. The molecule has 0 aliphatic rings. The molecular weight excluding hydrogens is 361 g/mol. The van der Waals surface area contributed by atoms with Gasteiger partial charge in [0.15, 0.2) is 0 Å². The molecule has 0 unspecified atom stereocenters. The quantitative estimate of drug-likeness (QED) is 0.579. The topological polar surface area (TPSA) is 25.8 Å². The largest absolute Gasteiger partial charge is 0.458 e. The molecule has 28 heavy (non-hydrogen) atoms. The maximum absolute atomic E-state index is 12.2. The molecule has 0 bridgehead atoms. The van der Waals surface area contributed by atoms with E-state index in [-0.39, 0.29) is 0 Å². The standard InChI is InChI=1S/C23H17F3N2/c1-2-3-4-19-15-27-22(28-16-19)10-7-17-5-8-21-14-18(6-9-20(21)13-17)11-12-23(24,25)26/h5-6,8-9,13-16H,2-4H2,1H3. The van der Waals surface area contributed by atoms with E-state index in [4.69, 9.17) is 0 Å². The van der Waals surface area contributed by atoms with Crippen LogP contribution in [-0.2, 0) is 6.42 Å². The van der Waals surface area contributed by atoms with E-state index >= 15 is 0 Å². The molecule has 3 rings (SSSR count). The summed E-state index contributed by atoms with van der Waals surface area (Å²) in [6, 6.07) is 10.4. The van der Waals surface area contributed by atoms with Crippen LogP contribution in [0.5, 0.6) is 0 Å². The number of benzene rings is 2. The summed E-state index contributed by atoms with van der Waals surface area (Å²) in [5.74, 6) is 9.84. The molecule has 2 aromatic carbocycles. The Kier molecular flexibility index (Phi) is 5.96. The van der Waals surface area contributed by atoms with Crippen LogP contribution < -0.4 is 0 Å². The molecule has 0 atom stereocenters. The van der Waals surface area contributed by atoms with Gasteiger partial charge in [0.1, 0.15) is 0 Å². The number of aryl methyl sites for hydroxylation is 1. The molecule has 0 N–H and O–H groups in total. The first-order valence-corrected chi connectivity index (χ1v) is 8.89. The molecule has 0 amide bonds. The first kappa shape index (κ1) is 19.5. The fourth-order valence-electron chi connectivity index (χ4n) is 2.60. The molecule has 2 nitrogen and oxygen atoms in total. The number of aromatic nitrogens is 2. The Labute approximate surface area is 161 Å². The van der Waals surface area contributed by atoms with Crippen LogP contribution in [0, 0.1) is 23.7 Å². The van der Waals surface area contributed by atoms with Gasteiger partial charge >= 0.3 is 6.18 Å². The van der Waals surface area contributed by atoms with E-state index in [9.17, 15) is 13.2 Å². The summed E-state index contributed by atoms with van der Waals surface area (Å²) < 4.78 is 36.6. The predicted molar refractivity (Wildman–Crippen MR) is 104 cm³/mol. The molecule has 1 aromatic heterocycles. The molecule has 0 saturated heterocycles. The van der Waals surface area contributed by atoms with Crippen molar-refractivity contribution in [1.29, 1.82) is 0 Å². The van der Waals surface area contributed by atoms with Crippen molar-refractivity contribution < 1.29 is 13.2 Å². The molecular formula is C23H17F3N2. The highest BCUT2D eigenvalue weighted by Crippen LogP contribution is 2.18. The van der Waals surface area contributed by atoms with E-state index in [1.54, 1.807) is 30.6 Å². The summed E-state index contributed by atoms with van der Waals surface area (Å²) in [7, 11) is 0. The summed E-state index contributed by atoms with van der Waals surface area (Å²) in [5, 5.41) is 1.68. The number of nitrogens with zero attached hydrogens (tertiary/aromatic N) is 2. The minimum Gasteiger partial charge on any atom is -0.229 e. The molecule has 140 valence electrons. The molecule has 0 saturated carbocycles. The minimum absolute atomic E-state index is 0.320. The van der Waals surface area contributed by atoms with E-state index in [1.807, 2.05) is 18.2 Å². The van der Waals surface area contributed by atoms with Crippen molar-refractivity contribution in [1.82, 2.24) is 9.97 Å². The summed E-state index contributed by atoms with van der Waals surface area (Å²) in [6.07, 6.45) is 2.30. The van der Waals surface area contributed by atoms with E-state index in [0.29, 0.717) is 11.4 Å². The normalized spacial score (nSPS) is 10.7. The van der Waals surface area contributed by atoms with Gasteiger partial charge in [0.2, 0.25) is 5.82 Å². The minimum atomic E-state index is -4.50. The van der Waals surface area contributed by atoms with Gasteiger partial charge in [-0.2, -0.15) is 13.2 Å². The van der Waals surface area contributed by atoms with Gasteiger partial charge in [0.05, 0.1) is 0 Å². The monoisotopic (exact) mass is 378 g/mol. The number of hydrogen-bond acceptors (Lipinski definition) is 2. The maximum atomic E-state index is 12.2. The lowest BCUT2D eigenvalue weighted by Crippen LogP contribution is -2.01. The van der Waals surface area contributed by atoms with Crippen molar-refractivity contribution >= 4 is 10.8 Å². The Morgan fingerprint density at radius 2 is 1.46 bits per heavy atom. The van der Waals surface area contributed by atoms with Gasteiger partial charge in [0, 0.05) is 29.4 Å². The molecule has 0 aliphatic carbocycles. The fourth-order valence-corrected chi connectivity index (χ4v) is 2.60. The molecule has 5 heteroatoms. The second kappa shape index (κ2) is 8.59. The second-order valence-corrected chi connectivity index (χ2v) is 6.29. The zero-order valence-electron chi connectivity index (χ0n) is 15.3. The molecule has 3 aromatic rings. The average Bonchev–Trinajstić information content (AvgIpc) is 2.69. The Morgan fingerprint density at radius 1 is 0.857 bits per heavy atom. The lowest BCUT2D eigenvalue weighted by Gasteiger charge is -2.00. The van der Waals surface area contributed by atoms with E-state index in [2.05, 4.69) is 34.7 Å². The lowest BCUT2D eigenvalue weighted by atomic mass is 10.0. The lowest BCUT2D eigenvalue weighted by molar-refractivity contribution is -0.0696. The van der Waals surface area contributed by atoms with Crippen LogP contribution in [0.15, 0.2) is 48.8 Å². The van der Waals surface area contributed by atoms with Gasteiger partial charge in [-0.25, -0.2) is 9.97 Å². The van der Waals surface area contributed by atoms with Crippen molar-refractivity contribution in [2.24, 2.45) is 0 Å². The van der Waals surface area contributed by atoms with Crippen LogP contribution in [0.1, 0.15) is 42.3 Å². The van der Waals surface area contributed by atoms with Crippen LogP contribution in [-0.4, -0.2) is 16.1 Å². The number of halogens is 3. The predicted octanol–water partition coefficient (Wildman–Crippen LogP) is 5.29. The summed E-state index contributed by atoms with van der Waals surface area (Å²) >= 11 is 0. The molecule has 1 heterocycles. The first-order chi connectivity index (χ1) is 13.4. The molecule has 0 radical (unpaired) electrons. The van der Waals surface area contributed by atoms with Crippen molar-refractivity contribution in [2.75, 3.05) is 0 Å². The zero-order valence-corrected chi connectivity index (χ0v) is 15.3. The first-order valence-electron chi connectivity index (χ1n) is 8.89. The summed E-state index contributed by atoms with van der Waals surface area (Å²) in [5.41, 5.74) is 2.20. The third-order valence-electron chi connectivity index (χ3n) is 4.03. The van der Waals surface area contributed by atoms with Crippen LogP contribution in [0.25, 0.3) is 10.8 Å². The van der Waals surface area contributed by atoms with Crippen LogP contribution in [0.3, 0.4) is 0 Å². The summed E-state index contributed by atoms with van der Waals surface area (Å²) in [6.45, 7) is 2.14. The third kappa shape index (κ3) is 5.59. The van der Waals surface area contributed by atoms with Crippen molar-refractivity contribution in [3.8, 4) is 23.7 Å². The van der Waals surface area contributed by atoms with Gasteiger partial charge in [-0.05, 0) is 59.4 Å². The van der Waals surface area contributed by atoms with E-state index in [1.165, 1.54) is 5.92 Å². The Bertz CT molecular complexity index is 1090. The number of unbranched alkanes of at least 4 members (excludes halogenated alkanes) is 1. The van der Waals surface area contributed by atoms with E-state index in [0.717, 1.165) is 41.2 Å². The number of fused-ring (bicyclic) bond motifs is 1. The maximum Gasteiger partial charge on any atom is 0.458 e. The average molecular weight is 378 g/mol. The van der Waals surface area contributed by atoms with E-state index < -0.39 is 6.18 Å². The molecule has 0 fully saturated rings. The van der Waals surface area contributed by atoms with Crippen molar-refractivity contribution in [3.63, 3.8) is 0 Å².